The molecule has 2 rings (SSSR count). The molecule has 0 atom stereocenters. The minimum absolute atomic E-state index is 0.623. The molecule has 22 heavy (non-hydrogen) atoms. The van der Waals surface area contributed by atoms with Gasteiger partial charge in [-0.1, -0.05) is 24.3 Å². The van der Waals surface area contributed by atoms with Gasteiger partial charge in [-0.25, -0.2) is 0 Å². The third-order valence-corrected chi connectivity index (χ3v) is 4.31. The molecule has 0 aliphatic heterocycles. The van der Waals surface area contributed by atoms with Crippen LogP contribution in [-0.4, -0.2) is 20.1 Å². The zero-order chi connectivity index (χ0) is 15.8. The number of aryl methyl sites for hydroxylation is 1. The van der Waals surface area contributed by atoms with Crippen molar-refractivity contribution in [2.45, 2.75) is 26.6 Å². The molecular formula is C17H23N3OS. The van der Waals surface area contributed by atoms with E-state index >= 15 is 0 Å². The summed E-state index contributed by atoms with van der Waals surface area (Å²) in [5, 5.41) is 6.69. The predicted octanol–water partition coefficient (Wildman–Crippen LogP) is 3.07. The zero-order valence-electron chi connectivity index (χ0n) is 13.3. The normalized spacial score (nSPS) is 11.5. The predicted molar refractivity (Wildman–Crippen MR) is 93.2 cm³/mol. The summed E-state index contributed by atoms with van der Waals surface area (Å²) >= 11 is 1.80. The summed E-state index contributed by atoms with van der Waals surface area (Å²) in [7, 11) is 3.50. The van der Waals surface area contributed by atoms with Gasteiger partial charge in [0.2, 0.25) is 0 Å². The van der Waals surface area contributed by atoms with Crippen molar-refractivity contribution >= 4 is 17.3 Å². The fraction of sp³-hybridized carbons (Fsp3) is 0.353. The van der Waals surface area contributed by atoms with Crippen LogP contribution in [0.25, 0.3) is 0 Å². The van der Waals surface area contributed by atoms with Crippen LogP contribution in [0.5, 0.6) is 0 Å². The number of aliphatic imine (C=N–C) groups is 1. The highest BCUT2D eigenvalue weighted by atomic mass is 32.1. The molecule has 118 valence electrons. The Morgan fingerprint density at radius 1 is 1.09 bits per heavy atom. The average molecular weight is 317 g/mol. The van der Waals surface area contributed by atoms with Crippen LogP contribution in [0.2, 0.25) is 0 Å². The van der Waals surface area contributed by atoms with Gasteiger partial charge in [-0.05, 0) is 30.2 Å². The smallest absolute Gasteiger partial charge is 0.191 e. The molecule has 0 radical (unpaired) electrons. The van der Waals surface area contributed by atoms with Crippen molar-refractivity contribution in [2.24, 2.45) is 4.99 Å². The summed E-state index contributed by atoms with van der Waals surface area (Å²) in [6.07, 6.45) is 0. The van der Waals surface area contributed by atoms with E-state index in [1.165, 1.54) is 20.9 Å². The number of nitrogens with zero attached hydrogens (tertiary/aromatic N) is 1. The molecule has 0 bridgehead atoms. The molecule has 0 fully saturated rings. The van der Waals surface area contributed by atoms with Crippen molar-refractivity contribution in [1.29, 1.82) is 0 Å². The van der Waals surface area contributed by atoms with Gasteiger partial charge in [-0.2, -0.15) is 0 Å². The SMILES string of the molecule is CN=C(NCc1ccc(C)s1)NCc1ccccc1COC. The van der Waals surface area contributed by atoms with Gasteiger partial charge in [-0.3, -0.25) is 4.99 Å². The number of guanidine groups is 1. The number of hydrogen-bond acceptors (Lipinski definition) is 3. The monoisotopic (exact) mass is 317 g/mol. The van der Waals surface area contributed by atoms with E-state index < -0.39 is 0 Å². The van der Waals surface area contributed by atoms with E-state index in [2.05, 4.69) is 46.8 Å². The van der Waals surface area contributed by atoms with E-state index in [1.807, 2.05) is 12.1 Å². The highest BCUT2D eigenvalue weighted by molar-refractivity contribution is 7.11. The Kier molecular flexibility index (Phi) is 6.43. The third kappa shape index (κ3) is 4.86. The summed E-state index contributed by atoms with van der Waals surface area (Å²) in [5.41, 5.74) is 2.42. The summed E-state index contributed by atoms with van der Waals surface area (Å²) < 4.78 is 5.24. The molecule has 2 aromatic rings. The first-order chi connectivity index (χ1) is 10.7. The van der Waals surface area contributed by atoms with Crippen LogP contribution in [0.4, 0.5) is 0 Å². The maximum atomic E-state index is 5.24. The molecule has 5 heteroatoms. The molecule has 2 N–H and O–H groups in total. The van der Waals surface area contributed by atoms with Gasteiger partial charge in [0.1, 0.15) is 0 Å². The quantitative estimate of drug-likeness (QED) is 0.636. The van der Waals surface area contributed by atoms with Crippen LogP contribution in [0.1, 0.15) is 20.9 Å². The lowest BCUT2D eigenvalue weighted by atomic mass is 10.1. The number of ether oxygens (including phenoxy) is 1. The molecule has 1 aromatic heterocycles. The van der Waals surface area contributed by atoms with Crippen molar-refractivity contribution in [1.82, 2.24) is 10.6 Å². The molecule has 4 nitrogen and oxygen atoms in total. The molecule has 0 saturated carbocycles. The van der Waals surface area contributed by atoms with Crippen LogP contribution >= 0.6 is 11.3 Å². The summed E-state index contributed by atoms with van der Waals surface area (Å²) in [4.78, 5) is 6.90. The van der Waals surface area contributed by atoms with Gasteiger partial charge in [0.05, 0.1) is 13.2 Å². The van der Waals surface area contributed by atoms with Crippen LogP contribution in [-0.2, 0) is 24.4 Å². The lowest BCUT2D eigenvalue weighted by Gasteiger charge is -2.13. The fourth-order valence-electron chi connectivity index (χ4n) is 2.18. The third-order valence-electron chi connectivity index (χ3n) is 3.31. The minimum atomic E-state index is 0.623. The molecule has 0 amide bonds. The van der Waals surface area contributed by atoms with E-state index in [9.17, 15) is 0 Å². The molecule has 1 aromatic carbocycles. The van der Waals surface area contributed by atoms with E-state index in [-0.39, 0.29) is 0 Å². The van der Waals surface area contributed by atoms with Gasteiger partial charge in [0.25, 0.3) is 0 Å². The van der Waals surface area contributed by atoms with Crippen molar-refractivity contribution < 1.29 is 4.74 Å². The van der Waals surface area contributed by atoms with Crippen LogP contribution in [0, 0.1) is 6.92 Å². The number of nitrogens with one attached hydrogen (secondary N) is 2. The van der Waals surface area contributed by atoms with Gasteiger partial charge in [0.15, 0.2) is 5.96 Å². The largest absolute Gasteiger partial charge is 0.380 e. The van der Waals surface area contributed by atoms with E-state index in [4.69, 9.17) is 4.74 Å². The van der Waals surface area contributed by atoms with Crippen molar-refractivity contribution in [3.63, 3.8) is 0 Å². The Morgan fingerprint density at radius 2 is 1.82 bits per heavy atom. The highest BCUT2D eigenvalue weighted by Gasteiger charge is 2.04. The molecule has 0 spiro atoms. The van der Waals surface area contributed by atoms with Crippen LogP contribution in [0.3, 0.4) is 0 Å². The Hall–Kier alpha value is -1.85. The number of thiophene rings is 1. The van der Waals surface area contributed by atoms with Gasteiger partial charge in [-0.15, -0.1) is 11.3 Å². The first kappa shape index (κ1) is 16.5. The molecule has 1 heterocycles. The zero-order valence-corrected chi connectivity index (χ0v) is 14.2. The fourth-order valence-corrected chi connectivity index (χ4v) is 3.01. The van der Waals surface area contributed by atoms with Gasteiger partial charge < -0.3 is 15.4 Å². The van der Waals surface area contributed by atoms with Gasteiger partial charge >= 0.3 is 0 Å². The number of methoxy groups -OCH3 is 1. The molecular weight excluding hydrogens is 294 g/mol. The molecule has 0 saturated heterocycles. The first-order valence-corrected chi connectivity index (χ1v) is 8.10. The second kappa shape index (κ2) is 8.56. The molecule has 0 unspecified atom stereocenters. The Labute approximate surface area is 136 Å². The van der Waals surface area contributed by atoms with Crippen LogP contribution < -0.4 is 10.6 Å². The maximum Gasteiger partial charge on any atom is 0.191 e. The lowest BCUT2D eigenvalue weighted by molar-refractivity contribution is 0.184. The Morgan fingerprint density at radius 3 is 2.45 bits per heavy atom. The van der Waals surface area contributed by atoms with E-state index in [0.717, 1.165) is 19.0 Å². The minimum Gasteiger partial charge on any atom is -0.380 e. The number of hydrogen-bond donors (Lipinski definition) is 2. The van der Waals surface area contributed by atoms with Crippen molar-refractivity contribution in [2.75, 3.05) is 14.2 Å². The average Bonchev–Trinajstić information content (AvgIpc) is 2.95. The molecule has 0 aliphatic rings. The van der Waals surface area contributed by atoms with Crippen molar-refractivity contribution in [3.8, 4) is 0 Å². The maximum absolute atomic E-state index is 5.24. The second-order valence-corrected chi connectivity index (χ2v) is 6.37. The molecule has 0 aliphatic carbocycles. The lowest BCUT2D eigenvalue weighted by Crippen LogP contribution is -2.36. The highest BCUT2D eigenvalue weighted by Crippen LogP contribution is 2.14. The van der Waals surface area contributed by atoms with Crippen LogP contribution in [0.15, 0.2) is 41.4 Å². The first-order valence-electron chi connectivity index (χ1n) is 7.28. The van der Waals surface area contributed by atoms with Crippen molar-refractivity contribution in [3.05, 3.63) is 57.3 Å². The summed E-state index contributed by atoms with van der Waals surface area (Å²) in [6.45, 7) is 4.26. The summed E-state index contributed by atoms with van der Waals surface area (Å²) in [5.74, 6) is 0.804. The van der Waals surface area contributed by atoms with Gasteiger partial charge in [0, 0.05) is 30.5 Å². The second-order valence-electron chi connectivity index (χ2n) is 4.99. The standard InChI is InChI=1S/C17H23N3OS/c1-13-8-9-16(22-13)11-20-17(18-2)19-10-14-6-4-5-7-15(14)12-21-3/h4-9H,10-12H2,1-3H3,(H2,18,19,20). The topological polar surface area (TPSA) is 45.7 Å². The van der Waals surface area contributed by atoms with E-state index in [0.29, 0.717) is 6.61 Å². The Bertz CT molecular complexity index is 622. The Balaban J connectivity index is 1.88. The summed E-state index contributed by atoms with van der Waals surface area (Å²) in [6, 6.07) is 12.6. The number of benzene rings is 1. The van der Waals surface area contributed by atoms with E-state index in [1.54, 1.807) is 25.5 Å². The number of rotatable bonds is 6.